The van der Waals surface area contributed by atoms with Crippen LogP contribution < -0.4 is 0 Å². The van der Waals surface area contributed by atoms with E-state index in [2.05, 4.69) is 0 Å². The summed E-state index contributed by atoms with van der Waals surface area (Å²) in [6, 6.07) is 26.1. The first-order valence-corrected chi connectivity index (χ1v) is 11.6. The Bertz CT molecular complexity index is 1090. The summed E-state index contributed by atoms with van der Waals surface area (Å²) in [6.07, 6.45) is -4.94. The lowest BCUT2D eigenvalue weighted by Crippen LogP contribution is -2.59. The molecule has 5 atom stereocenters. The second-order valence-corrected chi connectivity index (χ2v) is 8.49. The van der Waals surface area contributed by atoms with Crippen molar-refractivity contribution in [1.82, 2.24) is 0 Å². The molecule has 0 saturated carbocycles. The molecule has 1 aliphatic rings. The van der Waals surface area contributed by atoms with Crippen LogP contribution in [0.1, 0.15) is 26.3 Å². The van der Waals surface area contributed by atoms with E-state index in [1.165, 1.54) is 0 Å². The molecule has 4 rings (SSSR count). The molecule has 0 amide bonds. The third-order valence-electron chi connectivity index (χ3n) is 5.49. The molecule has 1 heterocycles. The highest BCUT2D eigenvalue weighted by atomic mass is 35.5. The van der Waals surface area contributed by atoms with Crippen LogP contribution in [0.15, 0.2) is 91.0 Å². The van der Waals surface area contributed by atoms with Crippen LogP contribution in [0.5, 0.6) is 0 Å². The number of hydrogen-bond donors (Lipinski definition) is 1. The molecule has 3 aromatic carbocycles. The number of benzene rings is 3. The lowest BCUT2D eigenvalue weighted by Gasteiger charge is -2.41. The molecule has 1 saturated heterocycles. The van der Waals surface area contributed by atoms with Gasteiger partial charge in [0.25, 0.3) is 0 Å². The van der Waals surface area contributed by atoms with Gasteiger partial charge in [-0.2, -0.15) is 0 Å². The zero-order valence-electron chi connectivity index (χ0n) is 18.7. The number of carbonyl (C=O) groups is 2. The summed E-state index contributed by atoms with van der Waals surface area (Å²) < 4.78 is 22.5. The molecule has 1 aliphatic heterocycles. The molecule has 0 aliphatic carbocycles. The number of rotatable bonds is 8. The van der Waals surface area contributed by atoms with E-state index in [1.807, 2.05) is 30.3 Å². The van der Waals surface area contributed by atoms with Crippen LogP contribution in [-0.4, -0.2) is 53.6 Å². The molecule has 1 N–H and O–H groups in total. The second kappa shape index (κ2) is 12.0. The first-order chi connectivity index (χ1) is 17.0. The number of alkyl halides is 1. The number of hydrogen-bond acceptors (Lipinski definition) is 7. The van der Waals surface area contributed by atoms with Crippen molar-refractivity contribution in [3.8, 4) is 0 Å². The van der Waals surface area contributed by atoms with E-state index in [-0.39, 0.29) is 12.2 Å². The molecular weight excluding hydrogens is 472 g/mol. The fourth-order valence-corrected chi connectivity index (χ4v) is 4.00. The summed E-state index contributed by atoms with van der Waals surface area (Å²) in [5.74, 6) is -1.37. The maximum Gasteiger partial charge on any atom is 0.338 e. The second-order valence-electron chi connectivity index (χ2n) is 7.98. The quantitative estimate of drug-likeness (QED) is 0.372. The summed E-state index contributed by atoms with van der Waals surface area (Å²) in [5, 5.41) is 9.76. The Balaban J connectivity index is 1.49. The van der Waals surface area contributed by atoms with Gasteiger partial charge >= 0.3 is 11.9 Å². The minimum Gasteiger partial charge on any atom is -0.453 e. The van der Waals surface area contributed by atoms with Crippen molar-refractivity contribution in [2.45, 2.75) is 36.6 Å². The highest BCUT2D eigenvalue weighted by molar-refractivity contribution is 6.21. The van der Waals surface area contributed by atoms with Gasteiger partial charge in [-0.15, -0.1) is 11.6 Å². The normalized spacial score (nSPS) is 23.9. The summed E-state index contributed by atoms with van der Waals surface area (Å²) >= 11 is 6.67. The Labute approximate surface area is 208 Å². The van der Waals surface area contributed by atoms with Crippen molar-refractivity contribution in [2.75, 3.05) is 6.61 Å². The minimum atomic E-state index is -1.59. The monoisotopic (exact) mass is 496 g/mol. The lowest BCUT2D eigenvalue weighted by molar-refractivity contribution is -0.251. The van der Waals surface area contributed by atoms with Crippen molar-refractivity contribution in [2.24, 2.45) is 0 Å². The maximum atomic E-state index is 12.8. The first kappa shape index (κ1) is 24.9. The van der Waals surface area contributed by atoms with Crippen molar-refractivity contribution in [3.63, 3.8) is 0 Å². The molecule has 7 nitrogen and oxygen atoms in total. The Morgan fingerprint density at radius 2 is 1.26 bits per heavy atom. The predicted molar refractivity (Wildman–Crippen MR) is 128 cm³/mol. The molecule has 0 spiro atoms. The highest BCUT2D eigenvalue weighted by Crippen LogP contribution is 2.30. The summed E-state index contributed by atoms with van der Waals surface area (Å²) in [7, 11) is 0. The van der Waals surface area contributed by atoms with E-state index in [1.54, 1.807) is 60.7 Å². The van der Waals surface area contributed by atoms with Crippen molar-refractivity contribution in [1.29, 1.82) is 0 Å². The SMILES string of the molecule is O=C(O[C@@H]1[C@@H](OC(=O)c2ccccc2)[C@@H](Cl)[C@@H](COCc2ccccc2)O[C@@H]1O)c1ccccc1. The van der Waals surface area contributed by atoms with Gasteiger partial charge in [0.05, 0.1) is 24.3 Å². The van der Waals surface area contributed by atoms with Crippen molar-refractivity contribution in [3.05, 3.63) is 108 Å². The Morgan fingerprint density at radius 3 is 1.80 bits per heavy atom. The number of carbonyl (C=O) groups excluding carboxylic acids is 2. The smallest absolute Gasteiger partial charge is 0.338 e. The van der Waals surface area contributed by atoms with Gasteiger partial charge in [0.1, 0.15) is 11.5 Å². The van der Waals surface area contributed by atoms with E-state index >= 15 is 0 Å². The zero-order chi connectivity index (χ0) is 24.6. The topological polar surface area (TPSA) is 91.3 Å². The van der Waals surface area contributed by atoms with Crippen molar-refractivity contribution < 1.29 is 33.6 Å². The van der Waals surface area contributed by atoms with Gasteiger partial charge in [0, 0.05) is 0 Å². The van der Waals surface area contributed by atoms with Gasteiger partial charge in [-0.05, 0) is 29.8 Å². The number of halogens is 1. The third-order valence-corrected chi connectivity index (χ3v) is 6.02. The molecule has 8 heteroatoms. The lowest BCUT2D eigenvalue weighted by atomic mass is 10.0. The van der Waals surface area contributed by atoms with Crippen LogP contribution in [0.2, 0.25) is 0 Å². The summed E-state index contributed by atoms with van der Waals surface area (Å²) in [6.45, 7) is 0.333. The van der Waals surface area contributed by atoms with Gasteiger partial charge in [-0.1, -0.05) is 66.7 Å². The Hall–Kier alpha value is -3.23. The van der Waals surface area contributed by atoms with E-state index in [0.29, 0.717) is 12.2 Å². The van der Waals surface area contributed by atoms with Gasteiger partial charge < -0.3 is 24.1 Å². The average Bonchev–Trinajstić information content (AvgIpc) is 2.90. The molecule has 0 bridgehead atoms. The number of aliphatic hydroxyl groups is 1. The largest absolute Gasteiger partial charge is 0.453 e. The highest BCUT2D eigenvalue weighted by Gasteiger charge is 2.49. The minimum absolute atomic E-state index is 0.0266. The van der Waals surface area contributed by atoms with Crippen LogP contribution in [-0.2, 0) is 25.6 Å². The molecule has 1 fully saturated rings. The number of ether oxygens (including phenoxy) is 4. The molecule has 35 heavy (non-hydrogen) atoms. The number of esters is 2. The summed E-state index contributed by atoms with van der Waals surface area (Å²) in [5.41, 5.74) is 1.52. The van der Waals surface area contributed by atoms with Crippen LogP contribution in [0, 0.1) is 0 Å². The maximum absolute atomic E-state index is 12.8. The van der Waals surface area contributed by atoms with Gasteiger partial charge in [-0.25, -0.2) is 9.59 Å². The molecule has 0 aromatic heterocycles. The van der Waals surface area contributed by atoms with Crippen LogP contribution in [0.4, 0.5) is 0 Å². The molecule has 0 radical (unpaired) electrons. The molecular formula is C27H25ClO7. The molecule has 0 unspecified atom stereocenters. The van der Waals surface area contributed by atoms with E-state index < -0.39 is 41.9 Å². The van der Waals surface area contributed by atoms with Crippen LogP contribution in [0.25, 0.3) is 0 Å². The summed E-state index contributed by atoms with van der Waals surface area (Å²) in [4.78, 5) is 25.5. The van der Waals surface area contributed by atoms with Gasteiger partial charge in [-0.3, -0.25) is 0 Å². The van der Waals surface area contributed by atoms with Crippen molar-refractivity contribution >= 4 is 23.5 Å². The zero-order valence-corrected chi connectivity index (χ0v) is 19.5. The third kappa shape index (κ3) is 6.46. The fraction of sp³-hybridized carbons (Fsp3) is 0.259. The van der Waals surface area contributed by atoms with E-state index in [0.717, 1.165) is 5.56 Å². The van der Waals surface area contributed by atoms with Crippen LogP contribution >= 0.6 is 11.6 Å². The first-order valence-electron chi connectivity index (χ1n) is 11.1. The van der Waals surface area contributed by atoms with E-state index in [9.17, 15) is 14.7 Å². The predicted octanol–water partition coefficient (Wildman–Crippen LogP) is 3.98. The standard InChI is InChI=1S/C27H25ClO7/c28-22-21(17-32-16-18-10-4-1-5-11-18)33-27(31)24(35-26(30)20-14-8-3-9-15-20)23(22)34-25(29)19-12-6-2-7-13-19/h1-15,21-24,27,31H,16-17H2/t21-,22+,23+,24-,27+/m1/s1. The van der Waals surface area contributed by atoms with Gasteiger partial charge in [0.15, 0.2) is 18.5 Å². The number of aliphatic hydroxyl groups excluding tert-OH is 1. The molecule has 182 valence electrons. The van der Waals surface area contributed by atoms with E-state index in [4.69, 9.17) is 30.5 Å². The molecule has 3 aromatic rings. The Morgan fingerprint density at radius 1 is 0.771 bits per heavy atom. The fourth-order valence-electron chi connectivity index (χ4n) is 3.67. The van der Waals surface area contributed by atoms with Crippen LogP contribution in [0.3, 0.4) is 0 Å². The van der Waals surface area contributed by atoms with Gasteiger partial charge in [0.2, 0.25) is 0 Å². The average molecular weight is 497 g/mol. The Kier molecular flexibility index (Phi) is 8.50.